The third-order valence-corrected chi connectivity index (χ3v) is 11.7. The zero-order chi connectivity index (χ0) is 47.4. The Morgan fingerprint density at radius 1 is 0.641 bits per heavy atom. The molecule has 0 fully saturated rings. The Morgan fingerprint density at radius 3 is 1.50 bits per heavy atom. The molecule has 4 heterocycles. The molecule has 0 unspecified atom stereocenters. The van der Waals surface area contributed by atoms with E-state index in [4.69, 9.17) is 39.5 Å². The lowest BCUT2D eigenvalue weighted by atomic mass is 10.1. The third-order valence-electron chi connectivity index (χ3n) is 8.57. The smallest absolute Gasteiger partial charge is 0.399 e. The van der Waals surface area contributed by atoms with Gasteiger partial charge in [0.15, 0.2) is 0 Å². The molecule has 0 atom stereocenters. The molecule has 0 aliphatic rings. The van der Waals surface area contributed by atoms with Crippen molar-refractivity contribution in [3.8, 4) is 0 Å². The van der Waals surface area contributed by atoms with Crippen molar-refractivity contribution in [1.29, 1.82) is 0 Å². The van der Waals surface area contributed by atoms with Crippen LogP contribution in [0.4, 0.5) is 49.4 Å². The van der Waals surface area contributed by atoms with Crippen LogP contribution in [0.1, 0.15) is 49.6 Å². The van der Waals surface area contributed by atoms with E-state index in [1.807, 2.05) is 0 Å². The molecule has 25 heteroatoms. The molecule has 0 saturated heterocycles. The maximum absolute atomic E-state index is 13.3. The Labute approximate surface area is 370 Å². The second-order valence-corrected chi connectivity index (χ2v) is 17.4. The van der Waals surface area contributed by atoms with Crippen LogP contribution in [0.25, 0.3) is 0 Å². The van der Waals surface area contributed by atoms with Crippen LogP contribution in [0.15, 0.2) is 113 Å². The van der Waals surface area contributed by atoms with Gasteiger partial charge in [-0.25, -0.2) is 31.8 Å². The van der Waals surface area contributed by atoms with E-state index < -0.39 is 59.1 Å². The number of carbonyl (C=O) groups excluding carboxylic acids is 1. The average Bonchev–Trinajstić information content (AvgIpc) is 3.19. The Bertz CT molecular complexity index is 3010. The molecule has 4 aromatic heterocycles. The predicted octanol–water partition coefficient (Wildman–Crippen LogP) is 8.31. The largest absolute Gasteiger partial charge is 0.416 e. The van der Waals surface area contributed by atoms with Gasteiger partial charge in [-0.15, -0.1) is 0 Å². The van der Waals surface area contributed by atoms with E-state index in [-0.39, 0.29) is 66.8 Å². The topological polar surface area (TPSA) is 235 Å². The van der Waals surface area contributed by atoms with Gasteiger partial charge in [-0.3, -0.25) is 19.2 Å². The summed E-state index contributed by atoms with van der Waals surface area (Å²) in [4.78, 5) is 32.1. The fraction of sp³-hybridized carbons (Fsp3) is 0.128. The van der Waals surface area contributed by atoms with Crippen LogP contribution in [-0.4, -0.2) is 55.4 Å². The second-order valence-electron chi connectivity index (χ2n) is 13.1. The first-order valence-corrected chi connectivity index (χ1v) is 21.3. The highest BCUT2D eigenvalue weighted by Gasteiger charge is 2.35. The first-order valence-electron chi connectivity index (χ1n) is 17.6. The molecule has 64 heavy (non-hydrogen) atoms. The van der Waals surface area contributed by atoms with Crippen molar-refractivity contribution in [3.63, 3.8) is 0 Å². The maximum Gasteiger partial charge on any atom is 0.416 e. The third kappa shape index (κ3) is 11.7. The highest BCUT2D eigenvalue weighted by molar-refractivity contribution is 7.93. The SMILES string of the molecule is CO/N=C(\c1ccnc(N)c1)c1ncc(Cl)cc1NS(=O)(=O)c1ccc(C)c(C(F)(F)F)c1.Cc1ccc(S(=O)(=O)Nc2cc(Cl)cnc2C(=O)c2ccnc(N)c2)cc1C(F)(F)F. The lowest BCUT2D eigenvalue weighted by Gasteiger charge is -2.16. The summed E-state index contributed by atoms with van der Waals surface area (Å²) in [7, 11) is -7.71. The predicted molar refractivity (Wildman–Crippen MR) is 226 cm³/mol. The average molecular weight is 971 g/mol. The van der Waals surface area contributed by atoms with Gasteiger partial charge in [0, 0.05) is 35.9 Å². The molecule has 2 aromatic carbocycles. The summed E-state index contributed by atoms with van der Waals surface area (Å²) < 4.78 is 135. The van der Waals surface area contributed by atoms with Gasteiger partial charge >= 0.3 is 12.4 Å². The maximum atomic E-state index is 13.3. The number of anilines is 4. The van der Waals surface area contributed by atoms with E-state index in [0.717, 1.165) is 36.5 Å². The van der Waals surface area contributed by atoms with Crippen LogP contribution >= 0.6 is 23.2 Å². The Balaban J connectivity index is 0.000000241. The van der Waals surface area contributed by atoms with E-state index in [1.54, 1.807) is 6.07 Å². The molecule has 6 rings (SSSR count). The highest BCUT2D eigenvalue weighted by atomic mass is 35.5. The van der Waals surface area contributed by atoms with E-state index in [0.29, 0.717) is 17.7 Å². The quantitative estimate of drug-likeness (QED) is 0.0415. The summed E-state index contributed by atoms with van der Waals surface area (Å²) in [5.74, 6) is -0.476. The summed E-state index contributed by atoms with van der Waals surface area (Å²) in [6.45, 7) is 2.45. The molecule has 0 bridgehead atoms. The number of nitrogen functional groups attached to an aromatic ring is 2. The highest BCUT2D eigenvalue weighted by Crippen LogP contribution is 2.36. The van der Waals surface area contributed by atoms with Crippen LogP contribution in [0.3, 0.4) is 0 Å². The molecule has 0 saturated carbocycles. The first kappa shape index (κ1) is 48.5. The van der Waals surface area contributed by atoms with Gasteiger partial charge in [0.05, 0.1) is 42.3 Å². The normalized spacial score (nSPS) is 12.2. The van der Waals surface area contributed by atoms with Crippen molar-refractivity contribution in [2.75, 3.05) is 28.0 Å². The molecule has 0 aliphatic heterocycles. The molecule has 6 aromatic rings. The van der Waals surface area contributed by atoms with Crippen LogP contribution in [0.5, 0.6) is 0 Å². The number of nitrogens with zero attached hydrogens (tertiary/aromatic N) is 5. The first-order chi connectivity index (χ1) is 29.8. The Hall–Kier alpha value is -6.56. The van der Waals surface area contributed by atoms with Crippen molar-refractivity contribution in [3.05, 3.63) is 152 Å². The minimum Gasteiger partial charge on any atom is -0.399 e. The lowest BCUT2D eigenvalue weighted by molar-refractivity contribution is -0.139. The lowest BCUT2D eigenvalue weighted by Crippen LogP contribution is -2.19. The summed E-state index contributed by atoms with van der Waals surface area (Å²) in [6, 6.07) is 13.3. The fourth-order valence-corrected chi connectivity index (χ4v) is 8.09. The fourth-order valence-electron chi connectivity index (χ4n) is 5.60. The molecular weight excluding hydrogens is 940 g/mol. The number of benzene rings is 2. The minimum atomic E-state index is -4.74. The summed E-state index contributed by atoms with van der Waals surface area (Å²) in [6.07, 6.45) is -4.40. The summed E-state index contributed by atoms with van der Waals surface area (Å²) in [5, 5.41) is 3.98. The molecule has 336 valence electrons. The molecule has 0 amide bonds. The number of hydrogen-bond acceptors (Lipinski definition) is 13. The number of aromatic nitrogens is 4. The number of alkyl halides is 6. The van der Waals surface area contributed by atoms with Gasteiger partial charge in [-0.2, -0.15) is 26.3 Å². The van der Waals surface area contributed by atoms with Gasteiger partial charge in [0.25, 0.3) is 20.0 Å². The zero-order valence-corrected chi connectivity index (χ0v) is 36.1. The van der Waals surface area contributed by atoms with Gasteiger partial charge in [0.2, 0.25) is 5.78 Å². The number of hydrogen-bond donors (Lipinski definition) is 4. The molecular formula is C39H31Cl2F6N9O6S2. The minimum absolute atomic E-state index is 0.00131. The van der Waals surface area contributed by atoms with Crippen molar-refractivity contribution in [1.82, 2.24) is 19.9 Å². The van der Waals surface area contributed by atoms with Crippen LogP contribution in [0, 0.1) is 13.8 Å². The van der Waals surface area contributed by atoms with Crippen molar-refractivity contribution in [2.45, 2.75) is 36.0 Å². The Morgan fingerprint density at radius 2 is 1.06 bits per heavy atom. The number of rotatable bonds is 11. The number of nitrogens with one attached hydrogen (secondary N) is 2. The van der Waals surface area contributed by atoms with Gasteiger partial charge in [0.1, 0.15) is 35.8 Å². The number of halogens is 8. The number of carbonyl (C=O) groups is 1. The van der Waals surface area contributed by atoms with Crippen LogP contribution < -0.4 is 20.9 Å². The molecule has 0 radical (unpaired) electrons. The van der Waals surface area contributed by atoms with Gasteiger partial charge in [-0.1, -0.05) is 40.5 Å². The number of ketones is 1. The zero-order valence-electron chi connectivity index (χ0n) is 32.9. The molecule has 0 spiro atoms. The van der Waals surface area contributed by atoms with E-state index in [1.165, 1.54) is 63.8 Å². The number of sulfonamides is 2. The summed E-state index contributed by atoms with van der Waals surface area (Å²) in [5.41, 5.74) is 8.68. The molecule has 6 N–H and O–H groups in total. The van der Waals surface area contributed by atoms with Gasteiger partial charge < -0.3 is 16.3 Å². The van der Waals surface area contributed by atoms with Gasteiger partial charge in [-0.05, 0) is 85.6 Å². The van der Waals surface area contributed by atoms with Crippen LogP contribution in [0.2, 0.25) is 10.0 Å². The monoisotopic (exact) mass is 969 g/mol. The number of aryl methyl sites for hydroxylation is 2. The number of oxime groups is 1. The Kier molecular flexibility index (Phi) is 14.4. The molecule has 15 nitrogen and oxygen atoms in total. The van der Waals surface area contributed by atoms with Crippen molar-refractivity contribution < 1.29 is 52.8 Å². The number of pyridine rings is 4. The van der Waals surface area contributed by atoms with Crippen LogP contribution in [-0.2, 0) is 37.2 Å². The van der Waals surface area contributed by atoms with E-state index >= 15 is 0 Å². The van der Waals surface area contributed by atoms with E-state index in [9.17, 15) is 48.0 Å². The van der Waals surface area contributed by atoms with Crippen molar-refractivity contribution in [2.24, 2.45) is 5.16 Å². The number of nitrogens with two attached hydrogens (primary N) is 2. The second kappa shape index (κ2) is 19.0. The van der Waals surface area contributed by atoms with Crippen molar-refractivity contribution >= 4 is 77.8 Å². The molecule has 0 aliphatic carbocycles. The standard InChI is InChI=1S/C20H17ClF3N5O3S.C19H14ClF3N4O3S/c1-11-3-4-14(9-15(11)20(22,23)24)33(30,31)29-16-8-13(21)10-27-19(16)18(28-32-2)12-5-6-26-17(25)7-12;1-10-2-3-13(8-14(10)19(21,22)23)31(29,30)27-15-7-12(20)9-26-17(15)18(28)11-4-5-25-16(24)6-11/h3-10,29H,1-2H3,(H2,25,26);2-9,27H,1H3,(H2,24,25)/b28-18+;. The van der Waals surface area contributed by atoms with E-state index in [2.05, 4.69) is 34.5 Å². The summed E-state index contributed by atoms with van der Waals surface area (Å²) >= 11 is 11.9.